The van der Waals surface area contributed by atoms with Gasteiger partial charge in [0.05, 0.1) is 0 Å². The number of imidazole rings is 1. The summed E-state index contributed by atoms with van der Waals surface area (Å²) in [6.45, 7) is 1.96. The molecule has 22 heavy (non-hydrogen) atoms. The van der Waals surface area contributed by atoms with Crippen LogP contribution in [-0.2, 0) is 6.42 Å². The third kappa shape index (κ3) is 2.54. The Labute approximate surface area is 133 Å². The van der Waals surface area contributed by atoms with Gasteiger partial charge in [0.25, 0.3) is 0 Å². The lowest BCUT2D eigenvalue weighted by Crippen LogP contribution is -2.15. The van der Waals surface area contributed by atoms with Crippen LogP contribution >= 0.6 is 11.8 Å². The minimum absolute atomic E-state index is 0.653. The maximum absolute atomic E-state index is 5.84. The quantitative estimate of drug-likeness (QED) is 0.728. The molecular weight excluding hydrogens is 294 g/mol. The first-order chi connectivity index (χ1) is 10.8. The van der Waals surface area contributed by atoms with Crippen molar-refractivity contribution in [2.75, 3.05) is 5.75 Å². The number of fused-ring (bicyclic) bond motifs is 1. The summed E-state index contributed by atoms with van der Waals surface area (Å²) >= 11 is 2.07. The first-order valence-electron chi connectivity index (χ1n) is 7.82. The van der Waals surface area contributed by atoms with Gasteiger partial charge in [-0.25, -0.2) is 14.5 Å². The van der Waals surface area contributed by atoms with Gasteiger partial charge in [-0.05, 0) is 43.7 Å². The number of nitrogens with zero attached hydrogens (tertiary/aromatic N) is 3. The van der Waals surface area contributed by atoms with Gasteiger partial charge >= 0.3 is 0 Å². The molecule has 3 aromatic heterocycles. The number of pyridine rings is 1. The van der Waals surface area contributed by atoms with Crippen molar-refractivity contribution in [3.63, 3.8) is 0 Å². The molecule has 4 rings (SSSR count). The summed E-state index contributed by atoms with van der Waals surface area (Å²) in [6.07, 6.45) is 6.74. The predicted molar refractivity (Wildman–Crippen MR) is 89.7 cm³/mol. The molecule has 0 amide bonds. The summed E-state index contributed by atoms with van der Waals surface area (Å²) in [5.41, 5.74) is 1.82. The number of hydrogen-bond donors (Lipinski definition) is 0. The lowest BCUT2D eigenvalue weighted by molar-refractivity contribution is 0.506. The molecule has 0 bridgehead atoms. The van der Waals surface area contributed by atoms with Crippen molar-refractivity contribution in [3.8, 4) is 5.88 Å². The third-order valence-corrected chi connectivity index (χ3v) is 5.51. The summed E-state index contributed by atoms with van der Waals surface area (Å²) in [5, 5.41) is 0.653. The number of aryl methyl sites for hydroxylation is 1. The fraction of sp³-hybridized carbons (Fsp3) is 0.412. The van der Waals surface area contributed by atoms with Gasteiger partial charge in [0, 0.05) is 23.9 Å². The Hall–Kier alpha value is -1.75. The number of hydrogen-bond acceptors (Lipinski definition) is 4. The lowest BCUT2D eigenvalue weighted by Gasteiger charge is -2.20. The van der Waals surface area contributed by atoms with Crippen molar-refractivity contribution in [1.82, 2.24) is 14.5 Å². The summed E-state index contributed by atoms with van der Waals surface area (Å²) in [4.78, 5) is 9.33. The smallest absolute Gasteiger partial charge is 0.206 e. The molecular formula is C17H19N3OS. The van der Waals surface area contributed by atoms with Crippen molar-refractivity contribution in [2.45, 2.75) is 37.9 Å². The summed E-state index contributed by atoms with van der Waals surface area (Å²) in [6, 6.07) is 7.95. The molecule has 0 radical (unpaired) electrons. The molecule has 1 saturated heterocycles. The maximum atomic E-state index is 5.84. The van der Waals surface area contributed by atoms with Crippen LogP contribution in [0.2, 0.25) is 0 Å². The standard InChI is InChI=1S/C17H19N3OS/c1-12-7-8-16(21-12)20-15(11-13-5-2-3-10-22-13)19-14-6-4-9-18-17(14)20/h4,6-9,13H,2-3,5,10-11H2,1H3. The van der Waals surface area contributed by atoms with Crippen molar-refractivity contribution in [1.29, 1.82) is 0 Å². The van der Waals surface area contributed by atoms with Gasteiger partial charge in [0.1, 0.15) is 17.1 Å². The Morgan fingerprint density at radius 2 is 2.27 bits per heavy atom. The normalized spacial score (nSPS) is 18.9. The van der Waals surface area contributed by atoms with E-state index in [0.717, 1.165) is 35.1 Å². The average Bonchev–Trinajstić information content (AvgIpc) is 3.11. The van der Waals surface area contributed by atoms with E-state index >= 15 is 0 Å². The second kappa shape index (κ2) is 5.80. The second-order valence-electron chi connectivity index (χ2n) is 5.79. The first kappa shape index (κ1) is 13.9. The van der Waals surface area contributed by atoms with Gasteiger partial charge in [-0.2, -0.15) is 11.8 Å². The first-order valence-corrected chi connectivity index (χ1v) is 8.87. The molecule has 1 atom stereocenters. The monoisotopic (exact) mass is 313 g/mol. The molecule has 4 heterocycles. The van der Waals surface area contributed by atoms with E-state index in [0.29, 0.717) is 5.25 Å². The highest BCUT2D eigenvalue weighted by molar-refractivity contribution is 7.99. The Kier molecular flexibility index (Phi) is 3.66. The van der Waals surface area contributed by atoms with Gasteiger partial charge in [-0.15, -0.1) is 0 Å². The summed E-state index contributed by atoms with van der Waals surface area (Å²) in [5.74, 6) is 4.05. The molecule has 4 nitrogen and oxygen atoms in total. The van der Waals surface area contributed by atoms with Gasteiger partial charge in [-0.1, -0.05) is 6.42 Å². The van der Waals surface area contributed by atoms with Crippen LogP contribution < -0.4 is 0 Å². The zero-order valence-electron chi connectivity index (χ0n) is 12.7. The Morgan fingerprint density at radius 3 is 3.05 bits per heavy atom. The SMILES string of the molecule is Cc1ccc(-n2c(CC3CCCCS3)nc3cccnc32)o1. The molecule has 114 valence electrons. The van der Waals surface area contributed by atoms with E-state index in [-0.39, 0.29) is 0 Å². The Morgan fingerprint density at radius 1 is 1.32 bits per heavy atom. The molecule has 1 unspecified atom stereocenters. The highest BCUT2D eigenvalue weighted by Crippen LogP contribution is 2.30. The molecule has 1 aliphatic heterocycles. The number of rotatable bonds is 3. The van der Waals surface area contributed by atoms with Crippen molar-refractivity contribution in [3.05, 3.63) is 42.0 Å². The minimum Gasteiger partial charge on any atom is -0.445 e. The molecule has 1 fully saturated rings. The molecule has 0 N–H and O–H groups in total. The van der Waals surface area contributed by atoms with Crippen LogP contribution in [0, 0.1) is 6.92 Å². The van der Waals surface area contributed by atoms with E-state index in [2.05, 4.69) is 21.3 Å². The van der Waals surface area contributed by atoms with Crippen LogP contribution in [0.1, 0.15) is 30.8 Å². The predicted octanol–water partition coefficient (Wildman–Crippen LogP) is 4.15. The Bertz CT molecular complexity index is 786. The number of aromatic nitrogens is 3. The third-order valence-electron chi connectivity index (χ3n) is 4.12. The summed E-state index contributed by atoms with van der Waals surface area (Å²) in [7, 11) is 0. The van der Waals surface area contributed by atoms with E-state index < -0.39 is 0 Å². The molecule has 0 aliphatic carbocycles. The second-order valence-corrected chi connectivity index (χ2v) is 7.19. The van der Waals surface area contributed by atoms with Crippen LogP contribution in [-0.4, -0.2) is 25.5 Å². The molecule has 1 aliphatic rings. The van der Waals surface area contributed by atoms with Gasteiger partial charge in [0.2, 0.25) is 5.88 Å². The van der Waals surface area contributed by atoms with E-state index in [4.69, 9.17) is 9.40 Å². The topological polar surface area (TPSA) is 43.9 Å². The lowest BCUT2D eigenvalue weighted by atomic mass is 10.1. The molecule has 3 aromatic rings. The highest BCUT2D eigenvalue weighted by Gasteiger charge is 2.21. The Balaban J connectivity index is 1.79. The largest absolute Gasteiger partial charge is 0.445 e. The maximum Gasteiger partial charge on any atom is 0.206 e. The number of thioether (sulfide) groups is 1. The van der Waals surface area contributed by atoms with Crippen LogP contribution in [0.3, 0.4) is 0 Å². The van der Waals surface area contributed by atoms with Gasteiger partial charge in [0.15, 0.2) is 5.65 Å². The van der Waals surface area contributed by atoms with Crippen molar-refractivity contribution >= 4 is 22.9 Å². The van der Waals surface area contributed by atoms with Gasteiger partial charge in [-0.3, -0.25) is 0 Å². The van der Waals surface area contributed by atoms with Crippen molar-refractivity contribution in [2.24, 2.45) is 0 Å². The van der Waals surface area contributed by atoms with Crippen LogP contribution in [0.5, 0.6) is 0 Å². The molecule has 0 aromatic carbocycles. The summed E-state index contributed by atoms with van der Waals surface area (Å²) < 4.78 is 7.92. The van der Waals surface area contributed by atoms with Crippen molar-refractivity contribution < 1.29 is 4.42 Å². The molecule has 0 spiro atoms. The number of furan rings is 1. The molecule has 5 heteroatoms. The van der Waals surface area contributed by atoms with E-state index in [1.165, 1.54) is 25.0 Å². The van der Waals surface area contributed by atoms with E-state index in [1.807, 2.05) is 37.4 Å². The van der Waals surface area contributed by atoms with Crippen LogP contribution in [0.4, 0.5) is 0 Å². The molecule has 0 saturated carbocycles. The average molecular weight is 313 g/mol. The van der Waals surface area contributed by atoms with Gasteiger partial charge < -0.3 is 4.42 Å². The zero-order valence-corrected chi connectivity index (χ0v) is 13.5. The fourth-order valence-corrected chi connectivity index (χ4v) is 4.35. The van der Waals surface area contributed by atoms with E-state index in [1.54, 1.807) is 0 Å². The zero-order chi connectivity index (χ0) is 14.9. The minimum atomic E-state index is 0.653. The van der Waals surface area contributed by atoms with E-state index in [9.17, 15) is 0 Å². The highest BCUT2D eigenvalue weighted by atomic mass is 32.2. The van der Waals surface area contributed by atoms with Crippen LogP contribution in [0.15, 0.2) is 34.9 Å². The fourth-order valence-electron chi connectivity index (χ4n) is 3.04. The van der Waals surface area contributed by atoms with Crippen LogP contribution in [0.25, 0.3) is 17.0 Å².